The number of nitrogens with zero attached hydrogens (tertiary/aromatic N) is 4. The maximum absolute atomic E-state index is 14.3. The molecular formula is C21H24FN7OS. The summed E-state index contributed by atoms with van der Waals surface area (Å²) < 4.78 is 14.3. The van der Waals surface area contributed by atoms with Gasteiger partial charge in [-0.15, -0.1) is 21.5 Å². The molecule has 0 aromatic carbocycles. The van der Waals surface area contributed by atoms with E-state index in [0.717, 1.165) is 29.1 Å². The molecule has 162 valence electrons. The maximum atomic E-state index is 14.3. The van der Waals surface area contributed by atoms with Crippen LogP contribution in [0.25, 0.3) is 10.7 Å². The quantitative estimate of drug-likeness (QED) is 0.492. The number of thiazole rings is 1. The lowest BCUT2D eigenvalue weighted by Crippen LogP contribution is -2.42. The molecule has 0 unspecified atom stereocenters. The van der Waals surface area contributed by atoms with Gasteiger partial charge in [0.1, 0.15) is 22.3 Å². The van der Waals surface area contributed by atoms with Crippen LogP contribution >= 0.6 is 11.3 Å². The van der Waals surface area contributed by atoms with Gasteiger partial charge < -0.3 is 16.4 Å². The van der Waals surface area contributed by atoms with E-state index in [1.807, 2.05) is 12.1 Å². The predicted molar refractivity (Wildman–Crippen MR) is 117 cm³/mol. The summed E-state index contributed by atoms with van der Waals surface area (Å²) in [4.78, 5) is 21.1. The number of pyridine rings is 1. The lowest BCUT2D eigenvalue weighted by Gasteiger charge is -2.41. The summed E-state index contributed by atoms with van der Waals surface area (Å²) >= 11 is 1.44. The zero-order valence-electron chi connectivity index (χ0n) is 17.1. The molecule has 3 heterocycles. The molecule has 0 saturated heterocycles. The SMILES string of the molecule is C[C@H](N)C(=O)NCc1cnc(-c2ccc(NCC3(c4ncccc4F)CCC3)nn2)s1. The van der Waals surface area contributed by atoms with Gasteiger partial charge in [0.15, 0.2) is 0 Å². The maximum Gasteiger partial charge on any atom is 0.236 e. The molecule has 1 saturated carbocycles. The molecule has 0 bridgehead atoms. The lowest BCUT2D eigenvalue weighted by molar-refractivity contribution is -0.122. The van der Waals surface area contributed by atoms with Crippen molar-refractivity contribution in [2.24, 2.45) is 5.73 Å². The smallest absolute Gasteiger partial charge is 0.236 e. The number of aromatic nitrogens is 4. The summed E-state index contributed by atoms with van der Waals surface area (Å²) in [7, 11) is 0. The van der Waals surface area contributed by atoms with Crippen LogP contribution in [0, 0.1) is 5.82 Å². The van der Waals surface area contributed by atoms with E-state index >= 15 is 0 Å². The van der Waals surface area contributed by atoms with Crippen LogP contribution in [0.1, 0.15) is 36.8 Å². The first kappa shape index (κ1) is 21.3. The molecule has 31 heavy (non-hydrogen) atoms. The van der Waals surface area contributed by atoms with Gasteiger partial charge in [0.05, 0.1) is 18.3 Å². The monoisotopic (exact) mass is 441 g/mol. The van der Waals surface area contributed by atoms with Gasteiger partial charge in [-0.3, -0.25) is 9.78 Å². The van der Waals surface area contributed by atoms with Crippen molar-refractivity contribution in [1.82, 2.24) is 25.5 Å². The molecule has 0 spiro atoms. The van der Waals surface area contributed by atoms with E-state index in [-0.39, 0.29) is 17.1 Å². The third kappa shape index (κ3) is 4.70. The van der Waals surface area contributed by atoms with E-state index in [1.165, 1.54) is 17.4 Å². The predicted octanol–water partition coefficient (Wildman–Crippen LogP) is 2.63. The minimum absolute atomic E-state index is 0.208. The molecule has 3 aromatic heterocycles. The summed E-state index contributed by atoms with van der Waals surface area (Å²) in [6.45, 7) is 2.56. The molecule has 1 amide bonds. The molecule has 8 nitrogen and oxygen atoms in total. The summed E-state index contributed by atoms with van der Waals surface area (Å²) in [5.74, 6) is 0.148. The van der Waals surface area contributed by atoms with Crippen molar-refractivity contribution in [2.45, 2.75) is 44.2 Å². The Labute approximate surface area is 183 Å². The van der Waals surface area contributed by atoms with Crippen molar-refractivity contribution in [1.29, 1.82) is 0 Å². The van der Waals surface area contributed by atoms with Crippen molar-refractivity contribution in [2.75, 3.05) is 11.9 Å². The Hall–Kier alpha value is -2.98. The summed E-state index contributed by atoms with van der Waals surface area (Å²) in [5, 5.41) is 15.3. The molecule has 1 aliphatic rings. The van der Waals surface area contributed by atoms with Crippen molar-refractivity contribution in [3.63, 3.8) is 0 Å². The summed E-state index contributed by atoms with van der Waals surface area (Å²) in [5.41, 5.74) is 6.41. The number of nitrogens with one attached hydrogen (secondary N) is 2. The molecule has 3 aromatic rings. The minimum atomic E-state index is -0.549. The van der Waals surface area contributed by atoms with Gasteiger partial charge in [0, 0.05) is 29.2 Å². The zero-order valence-corrected chi connectivity index (χ0v) is 18.0. The normalized spacial score (nSPS) is 15.7. The molecule has 0 radical (unpaired) electrons. The third-order valence-corrected chi connectivity index (χ3v) is 6.49. The molecular weight excluding hydrogens is 417 g/mol. The molecule has 1 aliphatic carbocycles. The average molecular weight is 442 g/mol. The fourth-order valence-electron chi connectivity index (χ4n) is 3.52. The van der Waals surface area contributed by atoms with Gasteiger partial charge in [-0.1, -0.05) is 6.42 Å². The Bertz CT molecular complexity index is 1050. The second-order valence-corrected chi connectivity index (χ2v) is 8.88. The number of halogens is 1. The van der Waals surface area contributed by atoms with Crippen LogP contribution in [0.5, 0.6) is 0 Å². The Balaban J connectivity index is 1.38. The molecule has 1 atom stereocenters. The highest BCUT2D eigenvalue weighted by Gasteiger charge is 2.41. The molecule has 10 heteroatoms. The number of anilines is 1. The number of carbonyl (C=O) groups is 1. The first-order valence-electron chi connectivity index (χ1n) is 10.1. The molecule has 0 aliphatic heterocycles. The van der Waals surface area contributed by atoms with Gasteiger partial charge in [-0.2, -0.15) is 0 Å². The third-order valence-electron chi connectivity index (χ3n) is 5.47. The fraction of sp³-hybridized carbons (Fsp3) is 0.381. The van der Waals surface area contributed by atoms with Gasteiger partial charge in [-0.05, 0) is 44.0 Å². The standard InChI is InChI=1S/C21H24FN7OS/c1-13(23)19(30)25-10-14-11-26-20(31-14)16-5-6-17(29-28-16)27-12-21(7-3-8-21)18-15(22)4-2-9-24-18/h2,4-6,9,11,13H,3,7-8,10,12,23H2,1H3,(H,25,30)(H,27,29)/t13-/m0/s1. The van der Waals surface area contributed by atoms with Crippen molar-refractivity contribution >= 4 is 23.1 Å². The Kier molecular flexibility index (Phi) is 6.19. The fourth-order valence-corrected chi connectivity index (χ4v) is 4.34. The van der Waals surface area contributed by atoms with E-state index in [9.17, 15) is 9.18 Å². The summed E-state index contributed by atoms with van der Waals surface area (Å²) in [6.07, 6.45) is 6.18. The van der Waals surface area contributed by atoms with Gasteiger partial charge in [0.25, 0.3) is 0 Å². The van der Waals surface area contributed by atoms with Crippen LogP contribution in [-0.2, 0) is 16.8 Å². The Morgan fingerprint density at radius 1 is 1.29 bits per heavy atom. The van der Waals surface area contributed by atoms with Crippen LogP contribution < -0.4 is 16.4 Å². The average Bonchev–Trinajstić information content (AvgIpc) is 3.22. The van der Waals surface area contributed by atoms with E-state index < -0.39 is 6.04 Å². The van der Waals surface area contributed by atoms with E-state index in [1.54, 1.807) is 25.4 Å². The number of hydrogen-bond donors (Lipinski definition) is 3. The number of amides is 1. The van der Waals surface area contributed by atoms with Crippen LogP contribution in [0.3, 0.4) is 0 Å². The van der Waals surface area contributed by atoms with Crippen LogP contribution in [0.4, 0.5) is 10.2 Å². The van der Waals surface area contributed by atoms with E-state index in [2.05, 4.69) is 30.8 Å². The van der Waals surface area contributed by atoms with Gasteiger partial charge in [0.2, 0.25) is 5.91 Å². The molecule has 4 rings (SSSR count). The van der Waals surface area contributed by atoms with Crippen molar-refractivity contribution < 1.29 is 9.18 Å². The number of nitrogens with two attached hydrogens (primary N) is 1. The first-order valence-corrected chi connectivity index (χ1v) is 11.0. The highest BCUT2D eigenvalue weighted by atomic mass is 32.1. The lowest BCUT2D eigenvalue weighted by atomic mass is 9.66. The Morgan fingerprint density at radius 3 is 2.77 bits per heavy atom. The Morgan fingerprint density at radius 2 is 2.13 bits per heavy atom. The second kappa shape index (κ2) is 9.03. The topological polar surface area (TPSA) is 119 Å². The number of carbonyl (C=O) groups excluding carboxylic acids is 1. The van der Waals surface area contributed by atoms with Crippen LogP contribution in [-0.4, -0.2) is 38.7 Å². The zero-order chi connectivity index (χ0) is 21.8. The van der Waals surface area contributed by atoms with Crippen molar-refractivity contribution in [3.8, 4) is 10.7 Å². The molecule has 1 fully saturated rings. The largest absolute Gasteiger partial charge is 0.368 e. The van der Waals surface area contributed by atoms with E-state index in [4.69, 9.17) is 5.73 Å². The summed E-state index contributed by atoms with van der Waals surface area (Å²) in [6, 6.07) is 6.20. The second-order valence-electron chi connectivity index (χ2n) is 7.76. The van der Waals surface area contributed by atoms with Gasteiger partial charge >= 0.3 is 0 Å². The van der Waals surface area contributed by atoms with E-state index in [0.29, 0.717) is 30.3 Å². The van der Waals surface area contributed by atoms with Gasteiger partial charge in [-0.25, -0.2) is 9.37 Å². The minimum Gasteiger partial charge on any atom is -0.368 e. The molecule has 4 N–H and O–H groups in total. The number of hydrogen-bond acceptors (Lipinski definition) is 8. The highest BCUT2D eigenvalue weighted by molar-refractivity contribution is 7.15. The highest BCUT2D eigenvalue weighted by Crippen LogP contribution is 2.43. The first-order chi connectivity index (χ1) is 15.0. The van der Waals surface area contributed by atoms with Crippen molar-refractivity contribution in [3.05, 3.63) is 53.0 Å². The van der Waals surface area contributed by atoms with Crippen LogP contribution in [0.15, 0.2) is 36.7 Å². The number of rotatable bonds is 8. The van der Waals surface area contributed by atoms with Crippen LogP contribution in [0.2, 0.25) is 0 Å².